The highest BCUT2D eigenvalue weighted by Gasteiger charge is 2.50. The van der Waals surface area contributed by atoms with Crippen LogP contribution in [0.5, 0.6) is 0 Å². The van der Waals surface area contributed by atoms with E-state index in [2.05, 4.69) is 21.9 Å². The number of hydrogen-bond acceptors (Lipinski definition) is 2. The summed E-state index contributed by atoms with van der Waals surface area (Å²) in [5, 5.41) is 0. The molecule has 3 heteroatoms. The summed E-state index contributed by atoms with van der Waals surface area (Å²) in [4.78, 5) is 0. The zero-order chi connectivity index (χ0) is 13.4. The molecule has 0 N–H and O–H groups in total. The molecule has 1 aromatic carbocycles. The van der Waals surface area contributed by atoms with Crippen LogP contribution in [0.2, 0.25) is 0 Å². The summed E-state index contributed by atoms with van der Waals surface area (Å²) < 4.78 is 13.0. The van der Waals surface area contributed by atoms with E-state index >= 15 is 0 Å². The van der Waals surface area contributed by atoms with Crippen molar-refractivity contribution in [1.82, 2.24) is 0 Å². The maximum atomic E-state index is 6.02. The average Bonchev–Trinajstić information content (AvgIpc) is 2.49. The van der Waals surface area contributed by atoms with Crippen LogP contribution in [0.25, 0.3) is 0 Å². The van der Waals surface area contributed by atoms with E-state index in [1.165, 1.54) is 0 Å². The van der Waals surface area contributed by atoms with Crippen molar-refractivity contribution in [2.75, 3.05) is 0 Å². The number of ether oxygens (including phenoxy) is 2. The Morgan fingerprint density at radius 2 is 2.11 bits per heavy atom. The molecular weight excluding hydrogens is 292 g/mol. The highest BCUT2D eigenvalue weighted by atomic mass is 79.9. The van der Waals surface area contributed by atoms with Crippen LogP contribution in [0.15, 0.2) is 28.7 Å². The first-order chi connectivity index (χ1) is 8.36. The molecule has 1 heterocycles. The Morgan fingerprint density at radius 1 is 1.39 bits per heavy atom. The number of rotatable bonds is 2. The zero-order valence-electron chi connectivity index (χ0n) is 10.9. The minimum absolute atomic E-state index is 0.152. The van der Waals surface area contributed by atoms with Crippen LogP contribution < -0.4 is 0 Å². The minimum Gasteiger partial charge on any atom is -0.340 e. The first-order valence-corrected chi connectivity index (χ1v) is 6.72. The maximum Gasteiger partial charge on any atom is 0.164 e. The second-order valence-corrected chi connectivity index (χ2v) is 6.16. The molecule has 1 aliphatic heterocycles. The molecule has 1 aliphatic rings. The third-order valence-corrected chi connectivity index (χ3v) is 3.53. The zero-order valence-corrected chi connectivity index (χ0v) is 12.5. The highest BCUT2D eigenvalue weighted by molar-refractivity contribution is 9.10. The topological polar surface area (TPSA) is 18.5 Å². The van der Waals surface area contributed by atoms with E-state index in [9.17, 15) is 0 Å². The van der Waals surface area contributed by atoms with Gasteiger partial charge in [0.05, 0.1) is 0 Å². The number of hydrogen-bond donors (Lipinski definition) is 0. The Bertz CT molecular complexity index is 490. The van der Waals surface area contributed by atoms with E-state index in [4.69, 9.17) is 15.9 Å². The first kappa shape index (κ1) is 13.6. The van der Waals surface area contributed by atoms with E-state index in [-0.39, 0.29) is 6.10 Å². The van der Waals surface area contributed by atoms with E-state index in [0.717, 1.165) is 10.0 Å². The Morgan fingerprint density at radius 3 is 2.72 bits per heavy atom. The summed E-state index contributed by atoms with van der Waals surface area (Å²) in [7, 11) is 0. The van der Waals surface area contributed by atoms with Crippen LogP contribution in [0, 0.1) is 12.3 Å². The second-order valence-electron chi connectivity index (χ2n) is 5.25. The van der Waals surface area contributed by atoms with Gasteiger partial charge in [0.25, 0.3) is 0 Å². The third kappa shape index (κ3) is 2.61. The van der Waals surface area contributed by atoms with E-state index in [1.807, 2.05) is 45.0 Å². The summed E-state index contributed by atoms with van der Waals surface area (Å²) in [6.45, 7) is 5.84. The lowest BCUT2D eigenvalue weighted by Gasteiger charge is -2.27. The van der Waals surface area contributed by atoms with Crippen molar-refractivity contribution >= 4 is 15.9 Å². The van der Waals surface area contributed by atoms with Crippen LogP contribution in [0.4, 0.5) is 0 Å². The molecule has 0 amide bonds. The molecule has 1 saturated heterocycles. The van der Waals surface area contributed by atoms with Gasteiger partial charge in [-0.1, -0.05) is 28.1 Å². The van der Waals surface area contributed by atoms with Gasteiger partial charge in [-0.05, 0) is 38.5 Å². The predicted molar refractivity (Wildman–Crippen MR) is 75.0 cm³/mol. The van der Waals surface area contributed by atoms with Crippen molar-refractivity contribution < 1.29 is 9.47 Å². The van der Waals surface area contributed by atoms with Gasteiger partial charge < -0.3 is 9.47 Å². The monoisotopic (exact) mass is 308 g/mol. The van der Waals surface area contributed by atoms with Crippen LogP contribution in [-0.4, -0.2) is 11.4 Å². The van der Waals surface area contributed by atoms with Crippen molar-refractivity contribution in [2.24, 2.45) is 0 Å². The lowest BCUT2D eigenvalue weighted by molar-refractivity contribution is -0.159. The van der Waals surface area contributed by atoms with Crippen molar-refractivity contribution in [3.8, 4) is 12.3 Å². The fourth-order valence-corrected chi connectivity index (χ4v) is 2.89. The van der Waals surface area contributed by atoms with Gasteiger partial charge in [-0.2, -0.15) is 0 Å². The number of halogens is 1. The Kier molecular flexibility index (Phi) is 3.55. The van der Waals surface area contributed by atoms with E-state index in [0.29, 0.717) is 6.42 Å². The molecule has 0 radical (unpaired) electrons. The van der Waals surface area contributed by atoms with Gasteiger partial charge in [-0.3, -0.25) is 0 Å². The largest absolute Gasteiger partial charge is 0.340 e. The summed E-state index contributed by atoms with van der Waals surface area (Å²) in [6, 6.07) is 8.06. The lowest BCUT2D eigenvalue weighted by atomic mass is 9.90. The van der Waals surface area contributed by atoms with E-state index < -0.39 is 11.4 Å². The summed E-state index contributed by atoms with van der Waals surface area (Å²) in [6.07, 6.45) is 5.83. The normalized spacial score (nSPS) is 30.1. The predicted octanol–water partition coefficient (Wildman–Crippen LogP) is 4.06. The molecular formula is C15H17BrO2. The van der Waals surface area contributed by atoms with Crippen LogP contribution >= 0.6 is 15.9 Å². The SMILES string of the molecule is C#CC[C@@]1(C)OC(C)(C)O[C@@H]1c1cccc(Br)c1. The molecule has 2 atom stereocenters. The molecule has 96 valence electrons. The Hall–Kier alpha value is -0.820. The minimum atomic E-state index is -0.613. The smallest absolute Gasteiger partial charge is 0.164 e. The molecule has 2 rings (SSSR count). The van der Waals surface area contributed by atoms with Crippen LogP contribution in [-0.2, 0) is 9.47 Å². The fourth-order valence-electron chi connectivity index (χ4n) is 2.47. The second kappa shape index (κ2) is 4.70. The molecule has 0 spiro atoms. The fraction of sp³-hybridized carbons (Fsp3) is 0.467. The standard InChI is InChI=1S/C15H17BrO2/c1-5-9-15(4)13(17-14(2,3)18-15)11-7-6-8-12(16)10-11/h1,6-8,10,13H,9H2,2-4H3/t13-,15-/m1/s1. The first-order valence-electron chi connectivity index (χ1n) is 5.93. The molecule has 1 fully saturated rings. The van der Waals surface area contributed by atoms with Gasteiger partial charge in [0.1, 0.15) is 11.7 Å². The van der Waals surface area contributed by atoms with Gasteiger partial charge in [0.15, 0.2) is 5.79 Å². The van der Waals surface area contributed by atoms with Crippen LogP contribution in [0.3, 0.4) is 0 Å². The summed E-state index contributed by atoms with van der Waals surface area (Å²) in [5.41, 5.74) is 0.590. The average molecular weight is 309 g/mol. The lowest BCUT2D eigenvalue weighted by Crippen LogP contribution is -2.32. The van der Waals surface area contributed by atoms with Crippen LogP contribution in [0.1, 0.15) is 38.9 Å². The molecule has 0 aliphatic carbocycles. The summed E-state index contributed by atoms with van der Waals surface area (Å²) >= 11 is 3.48. The molecule has 0 aromatic heterocycles. The van der Waals surface area contributed by atoms with Crippen molar-refractivity contribution in [2.45, 2.75) is 44.7 Å². The maximum absolute atomic E-state index is 6.02. The molecule has 2 nitrogen and oxygen atoms in total. The molecule has 1 aromatic rings. The molecule has 0 bridgehead atoms. The van der Waals surface area contributed by atoms with Crippen molar-refractivity contribution in [3.63, 3.8) is 0 Å². The van der Waals surface area contributed by atoms with Crippen molar-refractivity contribution in [1.29, 1.82) is 0 Å². The molecule has 0 unspecified atom stereocenters. The van der Waals surface area contributed by atoms with Gasteiger partial charge in [0, 0.05) is 10.9 Å². The van der Waals surface area contributed by atoms with Gasteiger partial charge in [-0.15, -0.1) is 12.3 Å². The van der Waals surface area contributed by atoms with E-state index in [1.54, 1.807) is 0 Å². The Balaban J connectivity index is 2.39. The molecule has 0 saturated carbocycles. The Labute approximate surface area is 117 Å². The highest BCUT2D eigenvalue weighted by Crippen LogP contribution is 2.47. The quantitative estimate of drug-likeness (QED) is 0.767. The van der Waals surface area contributed by atoms with Crippen molar-refractivity contribution in [3.05, 3.63) is 34.3 Å². The number of terminal acetylenes is 1. The van der Waals surface area contributed by atoms with Gasteiger partial charge in [0.2, 0.25) is 0 Å². The number of benzene rings is 1. The van der Waals surface area contributed by atoms with Gasteiger partial charge in [-0.25, -0.2) is 0 Å². The van der Waals surface area contributed by atoms with Gasteiger partial charge >= 0.3 is 0 Å². The summed E-state index contributed by atoms with van der Waals surface area (Å²) in [5.74, 6) is 2.07. The third-order valence-electron chi connectivity index (χ3n) is 3.04. The molecule has 18 heavy (non-hydrogen) atoms.